The average molecular weight is 667 g/mol. The quantitative estimate of drug-likeness (QED) is 0.0745. The lowest BCUT2D eigenvalue weighted by molar-refractivity contribution is 0.0561. The minimum atomic E-state index is -0.683. The van der Waals surface area contributed by atoms with E-state index >= 15 is 0 Å². The molecule has 0 saturated heterocycles. The zero-order chi connectivity index (χ0) is 31.5. The fourth-order valence-electron chi connectivity index (χ4n) is 4.24. The molecule has 0 spiro atoms. The first-order valence-electron chi connectivity index (χ1n) is 13.0. The van der Waals surface area contributed by atoms with Gasteiger partial charge in [-0.3, -0.25) is 9.88 Å². The topological polar surface area (TPSA) is 81.1 Å². The number of aliphatic imine (C=N–C) groups is 1. The lowest BCUT2D eigenvalue weighted by atomic mass is 10.0. The molecule has 2 aromatic heterocycles. The third-order valence-electron chi connectivity index (χ3n) is 6.09. The molecule has 3 aromatic carbocycles. The Morgan fingerprint density at radius 1 is 0.818 bits per heavy atom. The van der Waals surface area contributed by atoms with E-state index in [1.807, 2.05) is 83.8 Å². The molecule has 0 aliphatic heterocycles. The van der Waals surface area contributed by atoms with Crippen LogP contribution in [0.25, 0.3) is 11.3 Å². The number of pyridine rings is 1. The molecule has 7 nitrogen and oxygen atoms in total. The van der Waals surface area contributed by atoms with Crippen molar-refractivity contribution in [1.82, 2.24) is 4.98 Å². The minimum Gasteiger partial charge on any atom is -0.465 e. The van der Waals surface area contributed by atoms with Gasteiger partial charge in [0.2, 0.25) is 0 Å². The van der Waals surface area contributed by atoms with Crippen LogP contribution in [0.1, 0.15) is 25.6 Å². The summed E-state index contributed by atoms with van der Waals surface area (Å²) in [6.45, 7) is 0. The predicted molar refractivity (Wildman–Crippen MR) is 179 cm³/mol. The number of para-hydroxylation sites is 1. The van der Waals surface area contributed by atoms with Gasteiger partial charge in [0.15, 0.2) is 0 Å². The molecule has 44 heavy (non-hydrogen) atoms. The van der Waals surface area contributed by atoms with E-state index in [1.165, 1.54) is 14.2 Å². The van der Waals surface area contributed by atoms with Crippen molar-refractivity contribution < 1.29 is 19.1 Å². The van der Waals surface area contributed by atoms with Gasteiger partial charge in [0, 0.05) is 22.5 Å². The van der Waals surface area contributed by atoms with E-state index in [0.29, 0.717) is 32.8 Å². The second kappa shape index (κ2) is 16.0. The molecular formula is C33H26Cl3N3O4S. The van der Waals surface area contributed by atoms with Crippen molar-refractivity contribution in [3.8, 4) is 11.3 Å². The van der Waals surface area contributed by atoms with Crippen molar-refractivity contribution in [3.05, 3.63) is 130 Å². The number of esters is 2. The molecule has 5 aromatic rings. The smallest absolute Gasteiger partial charge is 0.349 e. The van der Waals surface area contributed by atoms with Gasteiger partial charge >= 0.3 is 11.9 Å². The van der Waals surface area contributed by atoms with Crippen LogP contribution in [0.15, 0.2) is 114 Å². The number of carbonyl (C=O) groups excluding carboxylic acids is 2. The van der Waals surface area contributed by atoms with Gasteiger partial charge in [-0.05, 0) is 48.5 Å². The highest BCUT2D eigenvalue weighted by Crippen LogP contribution is 2.46. The largest absolute Gasteiger partial charge is 0.465 e. The zero-order valence-electron chi connectivity index (χ0n) is 23.6. The van der Waals surface area contributed by atoms with Crippen LogP contribution in [-0.4, -0.2) is 42.3 Å². The number of benzene rings is 3. The maximum Gasteiger partial charge on any atom is 0.349 e. The first kappa shape index (κ1) is 32.7. The summed E-state index contributed by atoms with van der Waals surface area (Å²) >= 11 is 16.8. The molecule has 0 bridgehead atoms. The molecule has 2 heterocycles. The Morgan fingerprint density at radius 2 is 1.41 bits per heavy atom. The molecule has 0 saturated carbocycles. The Morgan fingerprint density at radius 3 is 1.98 bits per heavy atom. The number of rotatable bonds is 7. The van der Waals surface area contributed by atoms with Gasteiger partial charge in [-0.1, -0.05) is 66.2 Å². The number of thiophene rings is 1. The molecule has 224 valence electrons. The third-order valence-corrected chi connectivity index (χ3v) is 7.50. The second-order valence-corrected chi connectivity index (χ2v) is 11.0. The number of ether oxygens (including phenoxy) is 2. The van der Waals surface area contributed by atoms with Gasteiger partial charge in [0.1, 0.15) is 15.7 Å². The lowest BCUT2D eigenvalue weighted by Gasteiger charge is -2.27. The van der Waals surface area contributed by atoms with Crippen LogP contribution < -0.4 is 4.90 Å². The van der Waals surface area contributed by atoms with Crippen molar-refractivity contribution in [2.45, 2.75) is 0 Å². The summed E-state index contributed by atoms with van der Waals surface area (Å²) < 4.78 is 10.3. The van der Waals surface area contributed by atoms with Crippen LogP contribution in [0.2, 0.25) is 5.02 Å². The van der Waals surface area contributed by atoms with Gasteiger partial charge < -0.3 is 9.47 Å². The number of alkyl halides is 2. The Balaban J connectivity index is 0.00000141. The lowest BCUT2D eigenvalue weighted by Crippen LogP contribution is -2.27. The Bertz CT molecular complexity index is 1720. The Kier molecular flexibility index (Phi) is 11.9. The van der Waals surface area contributed by atoms with Crippen LogP contribution in [0.3, 0.4) is 0 Å². The van der Waals surface area contributed by atoms with E-state index in [-0.39, 0.29) is 15.8 Å². The third kappa shape index (κ3) is 7.65. The van der Waals surface area contributed by atoms with E-state index in [1.54, 1.807) is 30.5 Å². The highest BCUT2D eigenvalue weighted by Gasteiger charge is 2.34. The molecule has 0 fully saturated rings. The fraction of sp³-hybridized carbons (Fsp3) is 0.0909. The number of hydrogen-bond acceptors (Lipinski definition) is 7. The summed E-state index contributed by atoms with van der Waals surface area (Å²) in [5.41, 5.74) is 3.17. The highest BCUT2D eigenvalue weighted by molar-refractivity contribution is 7.19. The molecule has 5 rings (SSSR count). The number of hydrogen-bond donors (Lipinski definition) is 0. The standard InChI is InChI=1S/C32H24ClN3O4S.CH2Cl2/c1-39-31(37)27-26(25-15-9-10-20-34-25)30(41-28(27)32(38)40-2)36(24-13-7-4-8-14-24)29(21-11-5-3-6-12-21)35-23-18-16-22(33)17-19-23;2-1-3/h3-20H,1-2H3;1H2. The van der Waals surface area contributed by atoms with Crippen LogP contribution >= 0.6 is 46.1 Å². The summed E-state index contributed by atoms with van der Waals surface area (Å²) in [6, 6.07) is 31.8. The number of carbonyl (C=O) groups is 2. The normalized spacial score (nSPS) is 10.8. The van der Waals surface area contributed by atoms with Crippen LogP contribution in [0, 0.1) is 0 Å². The predicted octanol–water partition coefficient (Wildman–Crippen LogP) is 9.37. The number of aromatic nitrogens is 1. The summed E-state index contributed by atoms with van der Waals surface area (Å²) in [4.78, 5) is 38.0. The van der Waals surface area contributed by atoms with E-state index in [9.17, 15) is 9.59 Å². The maximum absolute atomic E-state index is 13.3. The molecule has 0 aliphatic rings. The van der Waals surface area contributed by atoms with Crippen molar-refractivity contribution in [3.63, 3.8) is 0 Å². The molecule has 0 N–H and O–H groups in total. The number of nitrogens with zero attached hydrogens (tertiary/aromatic N) is 3. The second-order valence-electron chi connectivity index (χ2n) is 8.73. The summed E-state index contributed by atoms with van der Waals surface area (Å²) in [5.74, 6) is -0.800. The Labute approximate surface area is 274 Å². The van der Waals surface area contributed by atoms with Crippen molar-refractivity contribution in [2.75, 3.05) is 24.5 Å². The van der Waals surface area contributed by atoms with Crippen LogP contribution in [0.5, 0.6) is 0 Å². The van der Waals surface area contributed by atoms with Gasteiger partial charge in [-0.25, -0.2) is 14.6 Å². The molecule has 0 aliphatic carbocycles. The molecule has 0 atom stereocenters. The van der Waals surface area contributed by atoms with Gasteiger partial charge in [0.25, 0.3) is 0 Å². The van der Waals surface area contributed by atoms with E-state index in [4.69, 9.17) is 49.3 Å². The summed E-state index contributed by atoms with van der Waals surface area (Å²) in [7, 11) is 2.55. The first-order chi connectivity index (χ1) is 21.4. The average Bonchev–Trinajstić information content (AvgIpc) is 3.46. The molecular weight excluding hydrogens is 641 g/mol. The Hall–Kier alpha value is -4.21. The van der Waals surface area contributed by atoms with Crippen molar-refractivity contribution >= 4 is 80.3 Å². The van der Waals surface area contributed by atoms with Crippen molar-refractivity contribution in [1.29, 1.82) is 0 Å². The molecule has 11 heteroatoms. The number of amidine groups is 1. The number of halogens is 3. The maximum atomic E-state index is 13.3. The van der Waals surface area contributed by atoms with Gasteiger partial charge in [-0.2, -0.15) is 0 Å². The SMILES string of the molecule is COC(=O)c1sc(N(C(=Nc2ccc(Cl)cc2)c2ccccc2)c2ccccc2)c(-c2ccccn2)c1C(=O)OC.ClCCl. The monoisotopic (exact) mass is 665 g/mol. The molecule has 0 unspecified atom stereocenters. The zero-order valence-corrected chi connectivity index (χ0v) is 26.7. The van der Waals surface area contributed by atoms with E-state index in [2.05, 4.69) is 4.98 Å². The van der Waals surface area contributed by atoms with E-state index in [0.717, 1.165) is 22.6 Å². The van der Waals surface area contributed by atoms with Crippen LogP contribution in [-0.2, 0) is 9.47 Å². The van der Waals surface area contributed by atoms with Gasteiger partial charge in [-0.15, -0.1) is 34.5 Å². The number of methoxy groups -OCH3 is 2. The number of anilines is 2. The minimum absolute atomic E-state index is 0.0675. The summed E-state index contributed by atoms with van der Waals surface area (Å²) in [6.07, 6.45) is 1.63. The molecule has 0 amide bonds. The fourth-order valence-corrected chi connectivity index (χ4v) is 5.61. The van der Waals surface area contributed by atoms with Crippen LogP contribution in [0.4, 0.5) is 16.4 Å². The summed E-state index contributed by atoms with van der Waals surface area (Å²) in [5, 5.41) is 1.32. The highest BCUT2D eigenvalue weighted by atomic mass is 35.5. The van der Waals surface area contributed by atoms with E-state index < -0.39 is 11.9 Å². The molecule has 0 radical (unpaired) electrons. The first-order valence-corrected chi connectivity index (χ1v) is 15.3. The van der Waals surface area contributed by atoms with Gasteiger partial charge in [0.05, 0.1) is 42.1 Å². The van der Waals surface area contributed by atoms with Crippen molar-refractivity contribution in [2.24, 2.45) is 4.99 Å².